The number of halogens is 1. The van der Waals surface area contributed by atoms with Crippen LogP contribution >= 0.6 is 11.6 Å². The van der Waals surface area contributed by atoms with E-state index in [1.807, 2.05) is 32.3 Å². The number of anilines is 1. The predicted molar refractivity (Wildman–Crippen MR) is 142 cm³/mol. The number of amides is 1. The van der Waals surface area contributed by atoms with Crippen LogP contribution in [0.2, 0.25) is 5.02 Å². The molecule has 1 aliphatic carbocycles. The summed E-state index contributed by atoms with van der Waals surface area (Å²) < 4.78 is 5.52. The number of benzene rings is 2. The SMILES string of the molecule is CN(C)c1nc(CCCC2CCC(CNC(=O)COc3cccc(Cl)c3)CC2)nc2ccccc12. The van der Waals surface area contributed by atoms with Crippen LogP contribution in [0, 0.1) is 11.8 Å². The Morgan fingerprint density at radius 1 is 1.06 bits per heavy atom. The highest BCUT2D eigenvalue weighted by atomic mass is 35.5. The molecule has 0 bridgehead atoms. The van der Waals surface area contributed by atoms with Crippen molar-refractivity contribution in [3.63, 3.8) is 0 Å². The summed E-state index contributed by atoms with van der Waals surface area (Å²) in [5.74, 6) is 3.75. The molecule has 0 aliphatic heterocycles. The zero-order valence-corrected chi connectivity index (χ0v) is 21.4. The van der Waals surface area contributed by atoms with Gasteiger partial charge in [-0.2, -0.15) is 0 Å². The molecule has 0 atom stereocenters. The topological polar surface area (TPSA) is 67.4 Å². The van der Waals surface area contributed by atoms with E-state index in [9.17, 15) is 4.79 Å². The molecule has 0 saturated heterocycles. The Kier molecular flexibility index (Phi) is 8.80. The molecule has 0 unspecified atom stereocenters. The lowest BCUT2D eigenvalue weighted by Crippen LogP contribution is -2.34. The molecule has 35 heavy (non-hydrogen) atoms. The summed E-state index contributed by atoms with van der Waals surface area (Å²) in [6, 6.07) is 15.3. The van der Waals surface area contributed by atoms with Crippen molar-refractivity contribution in [3.8, 4) is 5.75 Å². The largest absolute Gasteiger partial charge is 0.484 e. The van der Waals surface area contributed by atoms with Crippen LogP contribution in [-0.4, -0.2) is 43.1 Å². The van der Waals surface area contributed by atoms with Crippen LogP contribution in [0.4, 0.5) is 5.82 Å². The van der Waals surface area contributed by atoms with Crippen LogP contribution < -0.4 is 15.0 Å². The fraction of sp³-hybridized carbons (Fsp3) is 0.464. The normalized spacial score (nSPS) is 17.8. The number of fused-ring (bicyclic) bond motifs is 1. The highest BCUT2D eigenvalue weighted by Gasteiger charge is 2.21. The summed E-state index contributed by atoms with van der Waals surface area (Å²) in [4.78, 5) is 23.8. The summed E-state index contributed by atoms with van der Waals surface area (Å²) in [6.45, 7) is 0.741. The summed E-state index contributed by atoms with van der Waals surface area (Å²) >= 11 is 5.95. The fourth-order valence-electron chi connectivity index (χ4n) is 4.85. The molecule has 1 N–H and O–H groups in total. The molecular formula is C28H35ClN4O2. The number of hydrogen-bond donors (Lipinski definition) is 1. The van der Waals surface area contributed by atoms with Gasteiger partial charge in [0.15, 0.2) is 6.61 Å². The van der Waals surface area contributed by atoms with Gasteiger partial charge in [0.25, 0.3) is 5.91 Å². The number of aryl methyl sites for hydroxylation is 1. The third kappa shape index (κ3) is 7.31. The van der Waals surface area contributed by atoms with E-state index in [4.69, 9.17) is 26.3 Å². The van der Waals surface area contributed by atoms with Crippen molar-refractivity contribution in [2.24, 2.45) is 11.8 Å². The number of hydrogen-bond acceptors (Lipinski definition) is 5. The molecule has 1 fully saturated rings. The average Bonchev–Trinajstić information content (AvgIpc) is 2.86. The van der Waals surface area contributed by atoms with Crippen LogP contribution in [0.5, 0.6) is 5.75 Å². The number of aromatic nitrogens is 2. The first-order chi connectivity index (χ1) is 17.0. The molecule has 2 aromatic carbocycles. The second-order valence-corrected chi connectivity index (χ2v) is 10.1. The van der Waals surface area contributed by atoms with Gasteiger partial charge in [-0.1, -0.05) is 49.1 Å². The van der Waals surface area contributed by atoms with Gasteiger partial charge in [-0.05, 0) is 61.4 Å². The van der Waals surface area contributed by atoms with Crippen molar-refractivity contribution in [1.29, 1.82) is 0 Å². The average molecular weight is 495 g/mol. The molecule has 0 radical (unpaired) electrons. The zero-order valence-electron chi connectivity index (χ0n) is 20.7. The van der Waals surface area contributed by atoms with E-state index in [1.54, 1.807) is 18.2 Å². The van der Waals surface area contributed by atoms with Gasteiger partial charge >= 0.3 is 0 Å². The molecule has 4 rings (SSSR count). The molecular weight excluding hydrogens is 460 g/mol. The van der Waals surface area contributed by atoms with Crippen molar-refractivity contribution in [3.05, 3.63) is 59.4 Å². The van der Waals surface area contributed by atoms with Crippen molar-refractivity contribution in [1.82, 2.24) is 15.3 Å². The number of ether oxygens (including phenoxy) is 1. The van der Waals surface area contributed by atoms with Crippen molar-refractivity contribution in [2.75, 3.05) is 32.1 Å². The lowest BCUT2D eigenvalue weighted by molar-refractivity contribution is -0.123. The molecule has 6 nitrogen and oxygen atoms in total. The van der Waals surface area contributed by atoms with E-state index >= 15 is 0 Å². The zero-order chi connectivity index (χ0) is 24.6. The number of carbonyl (C=O) groups is 1. The maximum atomic E-state index is 12.1. The molecule has 1 aliphatic rings. The third-order valence-electron chi connectivity index (χ3n) is 6.79. The van der Waals surface area contributed by atoms with E-state index in [0.717, 1.165) is 60.7 Å². The Morgan fingerprint density at radius 3 is 2.60 bits per heavy atom. The summed E-state index contributed by atoms with van der Waals surface area (Å²) in [7, 11) is 4.07. The molecule has 7 heteroatoms. The van der Waals surface area contributed by atoms with Crippen LogP contribution in [0.1, 0.15) is 44.3 Å². The van der Waals surface area contributed by atoms with E-state index in [0.29, 0.717) is 16.7 Å². The molecule has 1 aromatic heterocycles. The van der Waals surface area contributed by atoms with Crippen molar-refractivity contribution < 1.29 is 9.53 Å². The fourth-order valence-corrected chi connectivity index (χ4v) is 5.03. The summed E-state index contributed by atoms with van der Waals surface area (Å²) in [5.41, 5.74) is 1.02. The van der Waals surface area contributed by atoms with Crippen LogP contribution in [0.25, 0.3) is 10.9 Å². The quantitative estimate of drug-likeness (QED) is 0.393. The van der Waals surface area contributed by atoms with E-state index < -0.39 is 0 Å². The number of nitrogens with zero attached hydrogens (tertiary/aromatic N) is 3. The van der Waals surface area contributed by atoms with Crippen LogP contribution in [0.15, 0.2) is 48.5 Å². The maximum Gasteiger partial charge on any atom is 0.257 e. The van der Waals surface area contributed by atoms with Crippen molar-refractivity contribution >= 4 is 34.2 Å². The molecule has 0 spiro atoms. The summed E-state index contributed by atoms with van der Waals surface area (Å²) in [6.07, 6.45) is 8.00. The smallest absolute Gasteiger partial charge is 0.257 e. The molecule has 1 saturated carbocycles. The lowest BCUT2D eigenvalue weighted by Gasteiger charge is -2.28. The molecule has 3 aromatic rings. The second-order valence-electron chi connectivity index (χ2n) is 9.70. The van der Waals surface area contributed by atoms with Crippen LogP contribution in [-0.2, 0) is 11.2 Å². The first kappa shape index (κ1) is 25.2. The minimum atomic E-state index is -0.0837. The van der Waals surface area contributed by atoms with Gasteiger partial charge in [0.2, 0.25) is 0 Å². The number of carbonyl (C=O) groups excluding carboxylic acids is 1. The van der Waals surface area contributed by atoms with E-state index in [2.05, 4.69) is 22.3 Å². The van der Waals surface area contributed by atoms with Gasteiger partial charge in [0.1, 0.15) is 17.4 Å². The van der Waals surface area contributed by atoms with Gasteiger partial charge < -0.3 is 15.0 Å². The second kappa shape index (κ2) is 12.2. The maximum absolute atomic E-state index is 12.1. The van der Waals surface area contributed by atoms with E-state index in [-0.39, 0.29) is 12.5 Å². The van der Waals surface area contributed by atoms with Gasteiger partial charge in [0.05, 0.1) is 5.52 Å². The van der Waals surface area contributed by atoms with Crippen LogP contribution in [0.3, 0.4) is 0 Å². The van der Waals surface area contributed by atoms with Gasteiger partial charge in [-0.15, -0.1) is 0 Å². The van der Waals surface area contributed by atoms with Crippen molar-refractivity contribution in [2.45, 2.75) is 44.9 Å². The molecule has 1 heterocycles. The van der Waals surface area contributed by atoms with Gasteiger partial charge in [-0.25, -0.2) is 9.97 Å². The molecule has 1 amide bonds. The molecule has 186 valence electrons. The van der Waals surface area contributed by atoms with Gasteiger partial charge in [0, 0.05) is 37.5 Å². The van der Waals surface area contributed by atoms with Gasteiger partial charge in [-0.3, -0.25) is 4.79 Å². The van der Waals surface area contributed by atoms with E-state index in [1.165, 1.54) is 19.3 Å². The number of rotatable bonds is 10. The highest BCUT2D eigenvalue weighted by molar-refractivity contribution is 6.30. The Bertz CT molecular complexity index is 1130. The minimum absolute atomic E-state index is 0.0159. The third-order valence-corrected chi connectivity index (χ3v) is 7.02. The Labute approximate surface area is 213 Å². The monoisotopic (exact) mass is 494 g/mol. The summed E-state index contributed by atoms with van der Waals surface area (Å²) in [5, 5.41) is 4.73. The number of nitrogens with one attached hydrogen (secondary N) is 1. The predicted octanol–water partition coefficient (Wildman–Crippen LogP) is 5.67. The Balaban J connectivity index is 1.15. The standard InChI is InChI=1S/C28H35ClN4O2/c1-33(2)28-24-10-3-4-11-25(24)31-26(32-28)12-5-7-20-13-15-21(16-14-20)18-30-27(34)19-35-23-9-6-8-22(29)17-23/h3-4,6,8-11,17,20-21H,5,7,12-16,18-19H2,1-2H3,(H,30,34). The Hall–Kier alpha value is -2.86. The Morgan fingerprint density at radius 2 is 1.83 bits per heavy atom. The first-order valence-electron chi connectivity index (χ1n) is 12.6. The lowest BCUT2D eigenvalue weighted by atomic mass is 9.80. The first-order valence-corrected chi connectivity index (χ1v) is 12.9. The number of para-hydroxylation sites is 1. The minimum Gasteiger partial charge on any atom is -0.484 e. The highest BCUT2D eigenvalue weighted by Crippen LogP contribution is 2.32.